The van der Waals surface area contributed by atoms with E-state index in [9.17, 15) is 14.4 Å². The highest BCUT2D eigenvalue weighted by Crippen LogP contribution is 2.25. The van der Waals surface area contributed by atoms with E-state index in [2.05, 4.69) is 16.0 Å². The van der Waals surface area contributed by atoms with Crippen molar-refractivity contribution < 1.29 is 14.4 Å². The zero-order valence-electron chi connectivity index (χ0n) is 14.4. The molecule has 5 N–H and O–H groups in total. The first-order valence-electron chi connectivity index (χ1n) is 7.89. The van der Waals surface area contributed by atoms with Crippen LogP contribution >= 0.6 is 0 Å². The summed E-state index contributed by atoms with van der Waals surface area (Å²) in [4.78, 5) is 35.7. The van der Waals surface area contributed by atoms with Crippen molar-refractivity contribution in [2.24, 2.45) is 11.7 Å². The third-order valence-electron chi connectivity index (χ3n) is 4.87. The predicted octanol–water partition coefficient (Wildman–Crippen LogP) is 0.844. The Labute approximate surface area is 141 Å². The van der Waals surface area contributed by atoms with Crippen LogP contribution in [0.5, 0.6) is 0 Å². The molecule has 1 heterocycles. The van der Waals surface area contributed by atoms with Crippen LogP contribution in [0.4, 0.5) is 4.79 Å². The van der Waals surface area contributed by atoms with Crippen LogP contribution in [0.1, 0.15) is 43.6 Å². The zero-order valence-corrected chi connectivity index (χ0v) is 14.4. The molecule has 7 nitrogen and oxygen atoms in total. The molecule has 1 aromatic carbocycles. The summed E-state index contributed by atoms with van der Waals surface area (Å²) >= 11 is 0. The van der Waals surface area contributed by atoms with Crippen molar-refractivity contribution in [2.45, 2.75) is 38.8 Å². The van der Waals surface area contributed by atoms with Crippen molar-refractivity contribution in [1.82, 2.24) is 16.0 Å². The maximum absolute atomic E-state index is 12.4. The van der Waals surface area contributed by atoms with Crippen LogP contribution in [-0.2, 0) is 10.3 Å². The van der Waals surface area contributed by atoms with Gasteiger partial charge in [-0.05, 0) is 37.5 Å². The first-order chi connectivity index (χ1) is 11.1. The van der Waals surface area contributed by atoms with E-state index in [-0.39, 0.29) is 11.8 Å². The van der Waals surface area contributed by atoms with E-state index >= 15 is 0 Å². The van der Waals surface area contributed by atoms with Crippen LogP contribution < -0.4 is 21.7 Å². The van der Waals surface area contributed by atoms with Gasteiger partial charge in [0, 0.05) is 12.1 Å². The van der Waals surface area contributed by atoms with Crippen molar-refractivity contribution in [3.8, 4) is 0 Å². The standard InChI is InChI=1S/C17H24N4O3/c1-10(2)16(3,9-18)20-13(22)11-5-7-12(8-6-11)17(4)14(23)19-15(24)21-17/h5-8,10H,9,18H2,1-4H3,(H,20,22)(H2,19,21,23,24). The molecule has 0 bridgehead atoms. The molecule has 2 atom stereocenters. The maximum atomic E-state index is 12.4. The first kappa shape index (κ1) is 17.9. The van der Waals surface area contributed by atoms with E-state index in [0.717, 1.165) is 0 Å². The molecule has 1 fully saturated rings. The number of hydrogen-bond acceptors (Lipinski definition) is 4. The van der Waals surface area contributed by atoms with Gasteiger partial charge in [-0.3, -0.25) is 14.9 Å². The lowest BCUT2D eigenvalue weighted by molar-refractivity contribution is -0.123. The summed E-state index contributed by atoms with van der Waals surface area (Å²) in [5.41, 5.74) is 5.23. The lowest BCUT2D eigenvalue weighted by Crippen LogP contribution is -2.55. The van der Waals surface area contributed by atoms with E-state index in [4.69, 9.17) is 5.73 Å². The molecule has 1 aliphatic heterocycles. The third kappa shape index (κ3) is 3.12. The second-order valence-corrected chi connectivity index (χ2v) is 6.84. The molecule has 0 aliphatic carbocycles. The van der Waals surface area contributed by atoms with Crippen molar-refractivity contribution >= 4 is 17.8 Å². The Bertz CT molecular complexity index is 671. The molecule has 2 unspecified atom stereocenters. The van der Waals surface area contributed by atoms with Gasteiger partial charge in [-0.1, -0.05) is 26.0 Å². The van der Waals surface area contributed by atoms with Gasteiger partial charge in [0.25, 0.3) is 11.8 Å². The number of carbonyl (C=O) groups excluding carboxylic acids is 3. The van der Waals surface area contributed by atoms with Crippen LogP contribution in [-0.4, -0.2) is 29.9 Å². The summed E-state index contributed by atoms with van der Waals surface area (Å²) in [5, 5.41) is 7.76. The Morgan fingerprint density at radius 1 is 1.29 bits per heavy atom. The molecule has 0 radical (unpaired) electrons. The summed E-state index contributed by atoms with van der Waals surface area (Å²) in [6.45, 7) is 7.85. The van der Waals surface area contributed by atoms with Crippen LogP contribution in [0.25, 0.3) is 0 Å². The van der Waals surface area contributed by atoms with E-state index in [1.165, 1.54) is 0 Å². The predicted molar refractivity (Wildman–Crippen MR) is 90.2 cm³/mol. The molecule has 1 aliphatic rings. The number of urea groups is 1. The van der Waals surface area contributed by atoms with Gasteiger partial charge in [0.2, 0.25) is 0 Å². The number of benzene rings is 1. The van der Waals surface area contributed by atoms with Gasteiger partial charge in [0.15, 0.2) is 0 Å². The molecule has 0 aromatic heterocycles. The van der Waals surface area contributed by atoms with Gasteiger partial charge >= 0.3 is 6.03 Å². The number of rotatable bonds is 5. The SMILES string of the molecule is CC(C)C(C)(CN)NC(=O)c1ccc(C2(C)NC(=O)NC2=O)cc1. The minimum atomic E-state index is -1.13. The number of hydrogen-bond donors (Lipinski definition) is 4. The van der Waals surface area contributed by atoms with E-state index in [1.54, 1.807) is 31.2 Å². The van der Waals surface area contributed by atoms with Gasteiger partial charge in [-0.25, -0.2) is 4.79 Å². The smallest absolute Gasteiger partial charge is 0.322 e. The van der Waals surface area contributed by atoms with Gasteiger partial charge in [-0.2, -0.15) is 0 Å². The summed E-state index contributed by atoms with van der Waals surface area (Å²) in [5.74, 6) is -0.462. The molecule has 0 spiro atoms. The molecular weight excluding hydrogens is 308 g/mol. The van der Waals surface area contributed by atoms with Crippen LogP contribution in [0.3, 0.4) is 0 Å². The summed E-state index contributed by atoms with van der Waals surface area (Å²) in [6.07, 6.45) is 0. The monoisotopic (exact) mass is 332 g/mol. The highest BCUT2D eigenvalue weighted by atomic mass is 16.2. The molecular formula is C17H24N4O3. The average molecular weight is 332 g/mol. The Hall–Kier alpha value is -2.41. The molecule has 24 heavy (non-hydrogen) atoms. The van der Waals surface area contributed by atoms with Gasteiger partial charge in [-0.15, -0.1) is 0 Å². The number of amides is 4. The van der Waals surface area contributed by atoms with Crippen molar-refractivity contribution in [1.29, 1.82) is 0 Å². The van der Waals surface area contributed by atoms with Gasteiger partial charge < -0.3 is 16.4 Å². The number of nitrogens with two attached hydrogens (primary N) is 1. The average Bonchev–Trinajstić information content (AvgIpc) is 2.80. The van der Waals surface area contributed by atoms with Crippen LogP contribution in [0.2, 0.25) is 0 Å². The molecule has 130 valence electrons. The molecule has 2 rings (SSSR count). The number of carbonyl (C=O) groups is 3. The topological polar surface area (TPSA) is 113 Å². The molecule has 4 amide bonds. The quantitative estimate of drug-likeness (QED) is 0.598. The number of nitrogens with one attached hydrogen (secondary N) is 3. The lowest BCUT2D eigenvalue weighted by Gasteiger charge is -2.33. The molecule has 0 saturated carbocycles. The Morgan fingerprint density at radius 3 is 2.29 bits per heavy atom. The Balaban J connectivity index is 2.19. The van der Waals surface area contributed by atoms with E-state index in [0.29, 0.717) is 17.7 Å². The van der Waals surface area contributed by atoms with Gasteiger partial charge in [0.05, 0.1) is 5.54 Å². The van der Waals surface area contributed by atoms with Crippen molar-refractivity contribution in [3.05, 3.63) is 35.4 Å². The van der Waals surface area contributed by atoms with Gasteiger partial charge in [0.1, 0.15) is 5.54 Å². The second-order valence-electron chi connectivity index (χ2n) is 6.84. The molecule has 7 heteroatoms. The molecule has 1 saturated heterocycles. The Kier molecular flexibility index (Phi) is 4.66. The van der Waals surface area contributed by atoms with E-state index < -0.39 is 23.0 Å². The highest BCUT2D eigenvalue weighted by molar-refractivity contribution is 6.07. The zero-order chi connectivity index (χ0) is 18.1. The molecule has 1 aromatic rings. The summed E-state index contributed by atoms with van der Waals surface area (Å²) in [7, 11) is 0. The van der Waals surface area contributed by atoms with Crippen molar-refractivity contribution in [2.75, 3.05) is 6.54 Å². The summed E-state index contributed by atoms with van der Waals surface area (Å²) < 4.78 is 0. The van der Waals surface area contributed by atoms with Crippen LogP contribution in [0, 0.1) is 5.92 Å². The fourth-order valence-corrected chi connectivity index (χ4v) is 2.46. The minimum Gasteiger partial charge on any atom is -0.345 e. The second kappa shape index (κ2) is 6.24. The fraction of sp³-hybridized carbons (Fsp3) is 0.471. The fourth-order valence-electron chi connectivity index (χ4n) is 2.46. The highest BCUT2D eigenvalue weighted by Gasteiger charge is 2.43. The summed E-state index contributed by atoms with van der Waals surface area (Å²) in [6, 6.07) is 6.06. The van der Waals surface area contributed by atoms with E-state index in [1.807, 2.05) is 20.8 Å². The minimum absolute atomic E-state index is 0.182. The Morgan fingerprint density at radius 2 is 1.88 bits per heavy atom. The third-order valence-corrected chi connectivity index (χ3v) is 4.87. The first-order valence-corrected chi connectivity index (χ1v) is 7.89. The lowest BCUT2D eigenvalue weighted by atomic mass is 9.88. The van der Waals surface area contributed by atoms with Crippen molar-refractivity contribution in [3.63, 3.8) is 0 Å². The maximum Gasteiger partial charge on any atom is 0.322 e. The normalized spacial score (nSPS) is 22.8. The largest absolute Gasteiger partial charge is 0.345 e. The van der Waals surface area contributed by atoms with Crippen LogP contribution in [0.15, 0.2) is 24.3 Å². The number of imide groups is 1.